The molecule has 1 aliphatic carbocycles. The van der Waals surface area contributed by atoms with Crippen LogP contribution in [0.1, 0.15) is 30.1 Å². The van der Waals surface area contributed by atoms with Crippen molar-refractivity contribution in [1.29, 1.82) is 0 Å². The number of primary amides is 1. The number of aryl methyl sites for hydroxylation is 1. The topological polar surface area (TPSA) is 70.8 Å². The number of carbonyl (C=O) groups excluding carboxylic acids is 1. The second-order valence-electron chi connectivity index (χ2n) is 6.10. The van der Waals surface area contributed by atoms with Gasteiger partial charge in [-0.25, -0.2) is 4.79 Å². The van der Waals surface area contributed by atoms with Crippen molar-refractivity contribution in [3.8, 4) is 16.9 Å². The lowest BCUT2D eigenvalue weighted by Gasteiger charge is -2.25. The Balaban J connectivity index is 1.80. The maximum Gasteiger partial charge on any atom is 0.405 e. The summed E-state index contributed by atoms with van der Waals surface area (Å²) in [6.45, 7) is 1.09. The van der Waals surface area contributed by atoms with Crippen LogP contribution in [0.15, 0.2) is 42.5 Å². The highest BCUT2D eigenvalue weighted by atomic mass is 16.6. The van der Waals surface area contributed by atoms with E-state index in [4.69, 9.17) is 19.9 Å². The number of rotatable bonds is 6. The SMILES string of the molecule is COCCOc1ccc(-c2ccc3c(c2)C(OC(N)=O)CCC3)cc1. The third kappa shape index (κ3) is 4.31. The van der Waals surface area contributed by atoms with Gasteiger partial charge in [0.05, 0.1) is 6.61 Å². The number of carbonyl (C=O) groups is 1. The van der Waals surface area contributed by atoms with E-state index in [1.165, 1.54) is 5.56 Å². The van der Waals surface area contributed by atoms with Crippen LogP contribution in [0.25, 0.3) is 11.1 Å². The number of ether oxygens (including phenoxy) is 3. The molecule has 0 aliphatic heterocycles. The van der Waals surface area contributed by atoms with Gasteiger partial charge in [-0.1, -0.05) is 24.3 Å². The molecular weight excluding hydrogens is 318 g/mol. The van der Waals surface area contributed by atoms with E-state index in [2.05, 4.69) is 18.2 Å². The average Bonchev–Trinajstić information content (AvgIpc) is 2.62. The number of benzene rings is 2. The first-order valence-electron chi connectivity index (χ1n) is 8.48. The van der Waals surface area contributed by atoms with Crippen molar-refractivity contribution in [2.24, 2.45) is 5.73 Å². The Bertz CT molecular complexity index is 727. The number of hydrogen-bond acceptors (Lipinski definition) is 4. The Labute approximate surface area is 147 Å². The third-order valence-electron chi connectivity index (χ3n) is 4.41. The van der Waals surface area contributed by atoms with E-state index >= 15 is 0 Å². The second kappa shape index (κ2) is 8.03. The van der Waals surface area contributed by atoms with Gasteiger partial charge in [0.1, 0.15) is 18.5 Å². The van der Waals surface area contributed by atoms with Crippen LogP contribution < -0.4 is 10.5 Å². The van der Waals surface area contributed by atoms with E-state index in [9.17, 15) is 4.79 Å². The van der Waals surface area contributed by atoms with Gasteiger partial charge >= 0.3 is 6.09 Å². The molecule has 5 heteroatoms. The molecule has 1 amide bonds. The quantitative estimate of drug-likeness (QED) is 0.810. The van der Waals surface area contributed by atoms with Crippen molar-refractivity contribution >= 4 is 6.09 Å². The Kier molecular flexibility index (Phi) is 5.56. The predicted octanol–water partition coefficient (Wildman–Crippen LogP) is 3.85. The van der Waals surface area contributed by atoms with Gasteiger partial charge in [0, 0.05) is 7.11 Å². The smallest absolute Gasteiger partial charge is 0.405 e. The molecule has 0 saturated carbocycles. The first-order chi connectivity index (χ1) is 12.2. The molecule has 0 radical (unpaired) electrons. The molecule has 2 aromatic carbocycles. The summed E-state index contributed by atoms with van der Waals surface area (Å²) < 4.78 is 15.9. The molecule has 0 fully saturated rings. The van der Waals surface area contributed by atoms with Crippen molar-refractivity contribution in [1.82, 2.24) is 0 Å². The van der Waals surface area contributed by atoms with E-state index < -0.39 is 6.09 Å². The summed E-state index contributed by atoms with van der Waals surface area (Å²) >= 11 is 0. The summed E-state index contributed by atoms with van der Waals surface area (Å²) in [5.74, 6) is 0.814. The van der Waals surface area contributed by atoms with Crippen molar-refractivity contribution in [3.63, 3.8) is 0 Å². The Morgan fingerprint density at radius 2 is 1.88 bits per heavy atom. The summed E-state index contributed by atoms with van der Waals surface area (Å²) in [6, 6.07) is 14.3. The lowest BCUT2D eigenvalue weighted by molar-refractivity contribution is 0.0959. The minimum Gasteiger partial charge on any atom is -0.491 e. The van der Waals surface area contributed by atoms with E-state index in [-0.39, 0.29) is 6.10 Å². The van der Waals surface area contributed by atoms with Crippen molar-refractivity contribution < 1.29 is 19.0 Å². The monoisotopic (exact) mass is 341 g/mol. The van der Waals surface area contributed by atoms with E-state index in [1.807, 2.05) is 24.3 Å². The predicted molar refractivity (Wildman–Crippen MR) is 95.6 cm³/mol. The molecule has 3 rings (SSSR count). The van der Waals surface area contributed by atoms with Gasteiger partial charge in [0.2, 0.25) is 0 Å². The number of amides is 1. The lowest BCUT2D eigenvalue weighted by atomic mass is 9.87. The second-order valence-corrected chi connectivity index (χ2v) is 6.10. The van der Waals surface area contributed by atoms with Crippen LogP contribution in [-0.4, -0.2) is 26.4 Å². The molecule has 132 valence electrons. The number of nitrogens with two attached hydrogens (primary N) is 1. The summed E-state index contributed by atoms with van der Waals surface area (Å²) in [5.41, 5.74) is 9.67. The van der Waals surface area contributed by atoms with Crippen LogP contribution in [0.2, 0.25) is 0 Å². The molecule has 0 bridgehead atoms. The van der Waals surface area contributed by atoms with Gasteiger partial charge in [-0.3, -0.25) is 0 Å². The molecule has 25 heavy (non-hydrogen) atoms. The molecule has 5 nitrogen and oxygen atoms in total. The van der Waals surface area contributed by atoms with Gasteiger partial charge in [0.25, 0.3) is 0 Å². The Morgan fingerprint density at radius 1 is 1.12 bits per heavy atom. The van der Waals surface area contributed by atoms with Crippen LogP contribution in [0.3, 0.4) is 0 Å². The molecule has 1 aliphatic rings. The summed E-state index contributed by atoms with van der Waals surface area (Å²) in [5, 5.41) is 0. The molecule has 0 spiro atoms. The van der Waals surface area contributed by atoms with Gasteiger partial charge in [0.15, 0.2) is 0 Å². The zero-order valence-corrected chi connectivity index (χ0v) is 14.4. The first-order valence-corrected chi connectivity index (χ1v) is 8.48. The maximum absolute atomic E-state index is 11.2. The van der Waals surface area contributed by atoms with Crippen LogP contribution in [0.4, 0.5) is 4.79 Å². The zero-order chi connectivity index (χ0) is 17.6. The van der Waals surface area contributed by atoms with E-state index in [0.717, 1.165) is 41.7 Å². The maximum atomic E-state index is 11.2. The van der Waals surface area contributed by atoms with Crippen LogP contribution >= 0.6 is 0 Å². The van der Waals surface area contributed by atoms with E-state index in [0.29, 0.717) is 13.2 Å². The Hall–Kier alpha value is -2.53. The van der Waals surface area contributed by atoms with Gasteiger partial charge in [-0.15, -0.1) is 0 Å². The minimum atomic E-state index is -0.721. The molecule has 2 aromatic rings. The fourth-order valence-corrected chi connectivity index (χ4v) is 3.18. The molecule has 2 N–H and O–H groups in total. The highest BCUT2D eigenvalue weighted by Gasteiger charge is 2.23. The summed E-state index contributed by atoms with van der Waals surface area (Å²) in [6.07, 6.45) is 1.84. The molecule has 0 aromatic heterocycles. The molecule has 1 atom stereocenters. The van der Waals surface area contributed by atoms with E-state index in [1.54, 1.807) is 7.11 Å². The normalized spacial score (nSPS) is 16.1. The zero-order valence-electron chi connectivity index (χ0n) is 14.4. The van der Waals surface area contributed by atoms with Gasteiger partial charge < -0.3 is 19.9 Å². The number of fused-ring (bicyclic) bond motifs is 1. The van der Waals surface area contributed by atoms with Crippen molar-refractivity contribution in [3.05, 3.63) is 53.6 Å². The summed E-state index contributed by atoms with van der Waals surface area (Å²) in [4.78, 5) is 11.2. The van der Waals surface area contributed by atoms with Gasteiger partial charge in [-0.05, 0) is 59.7 Å². The number of methoxy groups -OCH3 is 1. The lowest BCUT2D eigenvalue weighted by Crippen LogP contribution is -2.20. The number of hydrogen-bond donors (Lipinski definition) is 1. The first kappa shape index (κ1) is 17.3. The minimum absolute atomic E-state index is 0.252. The van der Waals surface area contributed by atoms with Crippen molar-refractivity contribution in [2.75, 3.05) is 20.3 Å². The molecule has 0 saturated heterocycles. The fraction of sp³-hybridized carbons (Fsp3) is 0.350. The molecular formula is C20H23NO4. The highest BCUT2D eigenvalue weighted by molar-refractivity contribution is 5.67. The van der Waals surface area contributed by atoms with Crippen LogP contribution in [-0.2, 0) is 15.9 Å². The standard InChI is InChI=1S/C20H23NO4/c1-23-11-12-24-17-9-7-14(8-10-17)16-6-5-15-3-2-4-19(18(15)13-16)25-20(21)22/h5-10,13,19H,2-4,11-12H2,1H3,(H2,21,22). The molecule has 0 heterocycles. The van der Waals surface area contributed by atoms with Crippen molar-refractivity contribution in [2.45, 2.75) is 25.4 Å². The van der Waals surface area contributed by atoms with Crippen LogP contribution in [0.5, 0.6) is 5.75 Å². The van der Waals surface area contributed by atoms with Crippen LogP contribution in [0, 0.1) is 0 Å². The molecule has 1 unspecified atom stereocenters. The summed E-state index contributed by atoms with van der Waals surface area (Å²) in [7, 11) is 1.65. The highest BCUT2D eigenvalue weighted by Crippen LogP contribution is 2.35. The third-order valence-corrected chi connectivity index (χ3v) is 4.41. The fourth-order valence-electron chi connectivity index (χ4n) is 3.18. The average molecular weight is 341 g/mol. The Morgan fingerprint density at radius 3 is 2.60 bits per heavy atom. The van der Waals surface area contributed by atoms with Gasteiger partial charge in [-0.2, -0.15) is 0 Å². The largest absolute Gasteiger partial charge is 0.491 e.